The van der Waals surface area contributed by atoms with Gasteiger partial charge in [-0.15, -0.1) is 0 Å². The second kappa shape index (κ2) is 10.3. The first-order valence-corrected chi connectivity index (χ1v) is 11.9. The molecule has 1 nitrogen and oxygen atoms in total. The average molecular weight is 349 g/mol. The fraction of sp³-hybridized carbons (Fsp3) is 1.00. The maximum absolute atomic E-state index is 6.30. The number of ether oxygens (including phenoxy) is 1. The molecule has 0 amide bonds. The van der Waals surface area contributed by atoms with E-state index in [2.05, 4.69) is 13.8 Å². The van der Waals surface area contributed by atoms with Crippen molar-refractivity contribution in [2.45, 2.75) is 116 Å². The van der Waals surface area contributed by atoms with E-state index in [-0.39, 0.29) is 0 Å². The maximum atomic E-state index is 6.30. The molecule has 0 aromatic carbocycles. The molecule has 146 valence electrons. The molecule has 0 aromatic heterocycles. The molecule has 3 saturated carbocycles. The third-order valence-electron chi connectivity index (χ3n) is 7.90. The van der Waals surface area contributed by atoms with E-state index >= 15 is 0 Å². The Kier molecular flexibility index (Phi) is 8.15. The highest BCUT2D eigenvalue weighted by Crippen LogP contribution is 2.53. The van der Waals surface area contributed by atoms with Crippen molar-refractivity contribution in [2.24, 2.45) is 29.6 Å². The lowest BCUT2D eigenvalue weighted by molar-refractivity contribution is -0.0538. The SMILES string of the molecule is CCCCCCCO[C@@H]1CCC2C(CCC3C[C@H](CCC)CCC32)C1. The fourth-order valence-corrected chi connectivity index (χ4v) is 6.63. The molecule has 0 N–H and O–H groups in total. The van der Waals surface area contributed by atoms with Gasteiger partial charge in [-0.25, -0.2) is 0 Å². The van der Waals surface area contributed by atoms with Gasteiger partial charge in [0.2, 0.25) is 0 Å². The van der Waals surface area contributed by atoms with E-state index in [0.717, 1.165) is 36.2 Å². The second-order valence-electron chi connectivity index (χ2n) is 9.61. The monoisotopic (exact) mass is 348 g/mol. The molecule has 0 spiro atoms. The van der Waals surface area contributed by atoms with Crippen LogP contribution >= 0.6 is 0 Å². The van der Waals surface area contributed by atoms with Crippen LogP contribution in [0.25, 0.3) is 0 Å². The summed E-state index contributed by atoms with van der Waals surface area (Å²) in [6, 6.07) is 0. The normalized spacial score (nSPS) is 38.2. The molecule has 1 heteroatoms. The molecule has 6 atom stereocenters. The van der Waals surface area contributed by atoms with Gasteiger partial charge >= 0.3 is 0 Å². The first-order valence-electron chi connectivity index (χ1n) is 11.9. The quantitative estimate of drug-likeness (QED) is 0.395. The van der Waals surface area contributed by atoms with Crippen molar-refractivity contribution in [1.29, 1.82) is 0 Å². The smallest absolute Gasteiger partial charge is 0.0578 e. The van der Waals surface area contributed by atoms with Crippen molar-refractivity contribution in [3.63, 3.8) is 0 Å². The Labute approximate surface area is 157 Å². The van der Waals surface area contributed by atoms with Crippen LogP contribution in [0.4, 0.5) is 0 Å². The third kappa shape index (κ3) is 5.47. The summed E-state index contributed by atoms with van der Waals surface area (Å²) < 4.78 is 6.30. The lowest BCUT2D eigenvalue weighted by atomic mass is 9.56. The predicted molar refractivity (Wildman–Crippen MR) is 108 cm³/mol. The Morgan fingerprint density at radius 2 is 1.40 bits per heavy atom. The molecule has 0 aromatic rings. The van der Waals surface area contributed by atoms with E-state index in [4.69, 9.17) is 4.74 Å². The minimum atomic E-state index is 0.598. The van der Waals surface area contributed by atoms with Gasteiger partial charge in [-0.3, -0.25) is 0 Å². The first-order chi connectivity index (χ1) is 12.3. The lowest BCUT2D eigenvalue weighted by Crippen LogP contribution is -2.42. The van der Waals surface area contributed by atoms with Gasteiger partial charge in [-0.2, -0.15) is 0 Å². The third-order valence-corrected chi connectivity index (χ3v) is 7.90. The molecule has 3 rings (SSSR count). The van der Waals surface area contributed by atoms with Gasteiger partial charge in [0.05, 0.1) is 6.10 Å². The first kappa shape index (κ1) is 19.7. The summed E-state index contributed by atoms with van der Waals surface area (Å²) in [5.41, 5.74) is 0. The Morgan fingerprint density at radius 3 is 2.16 bits per heavy atom. The highest BCUT2D eigenvalue weighted by Gasteiger charge is 2.44. The molecule has 4 unspecified atom stereocenters. The summed E-state index contributed by atoms with van der Waals surface area (Å²) >= 11 is 0. The topological polar surface area (TPSA) is 9.23 Å². The van der Waals surface area contributed by atoms with Crippen molar-refractivity contribution >= 4 is 0 Å². The molecule has 0 saturated heterocycles. The van der Waals surface area contributed by atoms with Gasteiger partial charge < -0.3 is 4.74 Å². The van der Waals surface area contributed by atoms with Crippen LogP contribution in [-0.2, 0) is 4.74 Å². The fourth-order valence-electron chi connectivity index (χ4n) is 6.63. The Bertz CT molecular complexity index is 365. The Morgan fingerprint density at radius 1 is 0.680 bits per heavy atom. The standard InChI is InChI=1S/C24H44O/c1-3-5-6-7-8-16-25-22-13-15-24-21(18-22)12-11-20-17-19(9-4-2)10-14-23(20)24/h19-24H,3-18H2,1-2H3/t19-,20?,21?,22-,23?,24?/m1/s1. The number of hydrogen-bond donors (Lipinski definition) is 0. The Hall–Kier alpha value is -0.0400. The number of hydrogen-bond acceptors (Lipinski definition) is 1. The van der Waals surface area contributed by atoms with E-state index < -0.39 is 0 Å². The van der Waals surface area contributed by atoms with Crippen molar-refractivity contribution in [1.82, 2.24) is 0 Å². The zero-order valence-electron chi connectivity index (χ0n) is 17.2. The van der Waals surface area contributed by atoms with Gasteiger partial charge in [0.15, 0.2) is 0 Å². The van der Waals surface area contributed by atoms with Gasteiger partial charge in [0.25, 0.3) is 0 Å². The molecule has 0 bridgehead atoms. The van der Waals surface area contributed by atoms with Gasteiger partial charge in [0, 0.05) is 6.61 Å². The molecule has 3 aliphatic rings. The van der Waals surface area contributed by atoms with Crippen LogP contribution < -0.4 is 0 Å². The van der Waals surface area contributed by atoms with E-state index in [1.165, 1.54) is 83.5 Å². The van der Waals surface area contributed by atoms with Crippen LogP contribution in [0, 0.1) is 29.6 Å². The molecular weight excluding hydrogens is 304 g/mol. The van der Waals surface area contributed by atoms with Crippen LogP contribution in [0.1, 0.15) is 110 Å². The maximum Gasteiger partial charge on any atom is 0.0578 e. The van der Waals surface area contributed by atoms with Gasteiger partial charge in [0.1, 0.15) is 0 Å². The van der Waals surface area contributed by atoms with Crippen LogP contribution in [0.3, 0.4) is 0 Å². The lowest BCUT2D eigenvalue weighted by Gasteiger charge is -2.50. The molecule has 0 aliphatic heterocycles. The summed E-state index contributed by atoms with van der Waals surface area (Å²) in [6.45, 7) is 5.69. The van der Waals surface area contributed by atoms with E-state index in [1.807, 2.05) is 0 Å². The molecule has 0 heterocycles. The number of rotatable bonds is 9. The summed E-state index contributed by atoms with van der Waals surface area (Å²) in [7, 11) is 0. The Balaban J connectivity index is 1.38. The van der Waals surface area contributed by atoms with Gasteiger partial charge in [-0.05, 0) is 81.0 Å². The van der Waals surface area contributed by atoms with E-state index in [1.54, 1.807) is 12.8 Å². The van der Waals surface area contributed by atoms with Crippen molar-refractivity contribution < 1.29 is 4.74 Å². The van der Waals surface area contributed by atoms with Crippen LogP contribution in [0.15, 0.2) is 0 Å². The van der Waals surface area contributed by atoms with Crippen LogP contribution in [-0.4, -0.2) is 12.7 Å². The van der Waals surface area contributed by atoms with Crippen molar-refractivity contribution in [3.05, 3.63) is 0 Å². The zero-order valence-corrected chi connectivity index (χ0v) is 17.2. The van der Waals surface area contributed by atoms with Crippen molar-refractivity contribution in [3.8, 4) is 0 Å². The number of fused-ring (bicyclic) bond motifs is 3. The van der Waals surface area contributed by atoms with Crippen molar-refractivity contribution in [2.75, 3.05) is 6.61 Å². The summed E-state index contributed by atoms with van der Waals surface area (Å²) in [5.74, 6) is 5.30. The largest absolute Gasteiger partial charge is 0.378 e. The number of unbranched alkanes of at least 4 members (excludes halogenated alkanes) is 4. The summed E-state index contributed by atoms with van der Waals surface area (Å²) in [4.78, 5) is 0. The zero-order chi connectivity index (χ0) is 17.5. The minimum absolute atomic E-state index is 0.598. The highest BCUT2D eigenvalue weighted by atomic mass is 16.5. The van der Waals surface area contributed by atoms with Crippen LogP contribution in [0.2, 0.25) is 0 Å². The molecule has 3 fully saturated rings. The summed E-state index contributed by atoms with van der Waals surface area (Å²) in [6.07, 6.45) is 22.2. The van der Waals surface area contributed by atoms with E-state index in [9.17, 15) is 0 Å². The highest BCUT2D eigenvalue weighted by molar-refractivity contribution is 4.94. The average Bonchev–Trinajstić information content (AvgIpc) is 2.64. The minimum Gasteiger partial charge on any atom is -0.378 e. The summed E-state index contributed by atoms with van der Waals surface area (Å²) in [5, 5.41) is 0. The van der Waals surface area contributed by atoms with E-state index in [0.29, 0.717) is 6.10 Å². The molecule has 3 aliphatic carbocycles. The molecule has 25 heavy (non-hydrogen) atoms. The predicted octanol–water partition coefficient (Wildman–Crippen LogP) is 7.38. The van der Waals surface area contributed by atoms with Gasteiger partial charge in [-0.1, -0.05) is 58.8 Å². The molecule has 0 radical (unpaired) electrons. The molecular formula is C24H44O. The second-order valence-corrected chi connectivity index (χ2v) is 9.61. The van der Waals surface area contributed by atoms with Crippen LogP contribution in [0.5, 0.6) is 0 Å².